The fourth-order valence-electron chi connectivity index (χ4n) is 1.67. The van der Waals surface area contributed by atoms with Crippen LogP contribution in [0.25, 0.3) is 0 Å². The number of aromatic nitrogens is 1. The summed E-state index contributed by atoms with van der Waals surface area (Å²) in [6.45, 7) is 2.50. The number of hydrogen-bond donors (Lipinski definition) is 3. The topological polar surface area (TPSA) is 89.3 Å². The quantitative estimate of drug-likeness (QED) is 0.584. The fourth-order valence-corrected chi connectivity index (χ4v) is 1.89. The molecule has 0 unspecified atom stereocenters. The number of carbonyl (C=O) groups is 1. The van der Waals surface area contributed by atoms with E-state index in [-0.39, 0.29) is 10.9 Å². The van der Waals surface area contributed by atoms with Crippen LogP contribution >= 0.6 is 11.6 Å². The molecule has 0 fully saturated rings. The molecule has 1 aromatic heterocycles. The van der Waals surface area contributed by atoms with Crippen molar-refractivity contribution in [2.75, 3.05) is 17.3 Å². The number of nitrogens with zero attached hydrogens (tertiary/aromatic N) is 1. The van der Waals surface area contributed by atoms with Crippen molar-refractivity contribution in [2.45, 2.75) is 6.92 Å². The number of nitrogens with two attached hydrogens (primary N) is 1. The van der Waals surface area contributed by atoms with Crippen molar-refractivity contribution < 1.29 is 9.53 Å². The number of carbonyl (C=O) groups excluding carboxylic acids is 1. The van der Waals surface area contributed by atoms with Gasteiger partial charge in [0, 0.05) is 11.9 Å². The number of amides is 1. The smallest absolute Gasteiger partial charge is 0.257 e. The summed E-state index contributed by atoms with van der Waals surface area (Å²) in [6.07, 6.45) is 1.39. The zero-order valence-electron chi connectivity index (χ0n) is 11.4. The highest BCUT2D eigenvalue weighted by Gasteiger charge is 2.10. The maximum Gasteiger partial charge on any atom is 0.257 e. The molecule has 2 rings (SSSR count). The monoisotopic (exact) mass is 306 g/mol. The molecule has 2 aromatic rings. The van der Waals surface area contributed by atoms with Gasteiger partial charge in [-0.3, -0.25) is 4.79 Å². The Morgan fingerprint density at radius 2 is 2.10 bits per heavy atom. The summed E-state index contributed by atoms with van der Waals surface area (Å²) in [6, 6.07) is 8.58. The number of halogens is 1. The van der Waals surface area contributed by atoms with E-state index in [0.29, 0.717) is 23.7 Å². The first-order valence-electron chi connectivity index (χ1n) is 6.30. The van der Waals surface area contributed by atoms with Gasteiger partial charge in [0.15, 0.2) is 5.82 Å². The van der Waals surface area contributed by atoms with Gasteiger partial charge in [-0.05, 0) is 37.3 Å². The number of nitrogens with one attached hydrogen (secondary N) is 2. The van der Waals surface area contributed by atoms with Gasteiger partial charge in [0.2, 0.25) is 0 Å². The van der Waals surface area contributed by atoms with E-state index >= 15 is 0 Å². The van der Waals surface area contributed by atoms with Gasteiger partial charge < -0.3 is 15.5 Å². The van der Waals surface area contributed by atoms with Crippen molar-refractivity contribution in [2.24, 2.45) is 5.84 Å². The molecule has 6 nitrogen and oxygen atoms in total. The lowest BCUT2D eigenvalue weighted by Crippen LogP contribution is -2.14. The molecule has 1 aromatic carbocycles. The lowest BCUT2D eigenvalue weighted by atomic mass is 10.2. The van der Waals surface area contributed by atoms with Gasteiger partial charge >= 0.3 is 0 Å². The van der Waals surface area contributed by atoms with Gasteiger partial charge in [-0.2, -0.15) is 0 Å². The van der Waals surface area contributed by atoms with E-state index in [4.69, 9.17) is 22.2 Å². The third kappa shape index (κ3) is 3.84. The van der Waals surface area contributed by atoms with Gasteiger partial charge in [0.25, 0.3) is 5.91 Å². The molecule has 1 amide bonds. The number of hydrazine groups is 1. The first-order valence-corrected chi connectivity index (χ1v) is 6.68. The molecule has 0 bridgehead atoms. The molecule has 0 radical (unpaired) electrons. The Labute approximate surface area is 127 Å². The largest absolute Gasteiger partial charge is 0.494 e. The molecular weight excluding hydrogens is 292 g/mol. The van der Waals surface area contributed by atoms with E-state index in [1.54, 1.807) is 24.3 Å². The third-order valence-corrected chi connectivity index (χ3v) is 2.95. The van der Waals surface area contributed by atoms with Gasteiger partial charge in [-0.15, -0.1) is 0 Å². The first-order chi connectivity index (χ1) is 10.1. The highest BCUT2D eigenvalue weighted by atomic mass is 35.5. The first kappa shape index (κ1) is 15.1. The summed E-state index contributed by atoms with van der Waals surface area (Å²) >= 11 is 5.93. The summed E-state index contributed by atoms with van der Waals surface area (Å²) in [4.78, 5) is 16.0. The second kappa shape index (κ2) is 6.92. The van der Waals surface area contributed by atoms with E-state index in [1.165, 1.54) is 12.3 Å². The van der Waals surface area contributed by atoms with Gasteiger partial charge in [0.1, 0.15) is 5.75 Å². The van der Waals surface area contributed by atoms with Crippen LogP contribution in [0.1, 0.15) is 17.3 Å². The molecule has 21 heavy (non-hydrogen) atoms. The standard InChI is InChI=1S/C14H15ClN4O2/c1-2-21-11-5-3-10(4-6-11)18-14(20)9-7-12(15)13(19-16)17-8-9/h3-8H,2,16H2,1H3,(H,17,19)(H,18,20). The van der Waals surface area contributed by atoms with Gasteiger partial charge in [-0.25, -0.2) is 10.8 Å². The number of benzene rings is 1. The third-order valence-electron chi connectivity index (χ3n) is 2.66. The van der Waals surface area contributed by atoms with E-state index in [0.717, 1.165) is 5.75 Å². The molecule has 7 heteroatoms. The van der Waals surface area contributed by atoms with Crippen LogP contribution in [0.5, 0.6) is 5.75 Å². The fraction of sp³-hybridized carbons (Fsp3) is 0.143. The number of pyridine rings is 1. The number of rotatable bonds is 5. The molecular formula is C14H15ClN4O2. The SMILES string of the molecule is CCOc1ccc(NC(=O)c2cnc(NN)c(Cl)c2)cc1. The zero-order chi connectivity index (χ0) is 15.2. The molecule has 0 saturated heterocycles. The van der Waals surface area contributed by atoms with Gasteiger partial charge in [-0.1, -0.05) is 11.6 Å². The molecule has 4 N–H and O–H groups in total. The van der Waals surface area contributed by atoms with Gasteiger partial charge in [0.05, 0.1) is 17.2 Å². The predicted octanol–water partition coefficient (Wildman–Crippen LogP) is 2.67. The zero-order valence-corrected chi connectivity index (χ0v) is 12.1. The van der Waals surface area contributed by atoms with E-state index in [2.05, 4.69) is 15.7 Å². The summed E-state index contributed by atoms with van der Waals surface area (Å²) in [7, 11) is 0. The Morgan fingerprint density at radius 1 is 1.38 bits per heavy atom. The van der Waals surface area contributed by atoms with Crippen LogP contribution in [0.15, 0.2) is 36.5 Å². The summed E-state index contributed by atoms with van der Waals surface area (Å²) in [5, 5.41) is 3.02. The highest BCUT2D eigenvalue weighted by Crippen LogP contribution is 2.20. The minimum Gasteiger partial charge on any atom is -0.494 e. The van der Waals surface area contributed by atoms with Crippen molar-refractivity contribution in [1.29, 1.82) is 0 Å². The normalized spacial score (nSPS) is 10.0. The average Bonchev–Trinajstić information content (AvgIpc) is 2.49. The van der Waals surface area contributed by atoms with Crippen molar-refractivity contribution in [1.82, 2.24) is 4.98 Å². The maximum absolute atomic E-state index is 12.1. The van der Waals surface area contributed by atoms with Crippen molar-refractivity contribution >= 4 is 29.0 Å². The van der Waals surface area contributed by atoms with Crippen LogP contribution in [0.3, 0.4) is 0 Å². The van der Waals surface area contributed by atoms with Crippen LogP contribution in [-0.4, -0.2) is 17.5 Å². The Kier molecular flexibility index (Phi) is 4.97. The number of anilines is 2. The predicted molar refractivity (Wildman–Crippen MR) is 82.6 cm³/mol. The van der Waals surface area contributed by atoms with Crippen LogP contribution in [0.4, 0.5) is 11.5 Å². The molecule has 0 aliphatic rings. The van der Waals surface area contributed by atoms with Crippen LogP contribution < -0.4 is 21.3 Å². The number of hydrogen-bond acceptors (Lipinski definition) is 5. The van der Waals surface area contributed by atoms with Crippen LogP contribution in [0.2, 0.25) is 5.02 Å². The molecule has 0 aliphatic heterocycles. The highest BCUT2D eigenvalue weighted by molar-refractivity contribution is 6.33. The van der Waals surface area contributed by atoms with E-state index in [1.807, 2.05) is 6.92 Å². The van der Waals surface area contributed by atoms with Crippen molar-refractivity contribution in [3.05, 3.63) is 47.1 Å². The summed E-state index contributed by atoms with van der Waals surface area (Å²) in [5.41, 5.74) is 3.33. The molecule has 0 saturated carbocycles. The van der Waals surface area contributed by atoms with Crippen LogP contribution in [0, 0.1) is 0 Å². The minimum atomic E-state index is -0.308. The minimum absolute atomic E-state index is 0.275. The second-order valence-corrected chi connectivity index (χ2v) is 4.52. The van der Waals surface area contributed by atoms with E-state index in [9.17, 15) is 4.79 Å². The molecule has 0 spiro atoms. The second-order valence-electron chi connectivity index (χ2n) is 4.11. The van der Waals surface area contributed by atoms with Crippen molar-refractivity contribution in [3.8, 4) is 5.75 Å². The molecule has 0 aliphatic carbocycles. The van der Waals surface area contributed by atoms with Crippen LogP contribution in [-0.2, 0) is 0 Å². The number of ether oxygens (including phenoxy) is 1. The lowest BCUT2D eigenvalue weighted by molar-refractivity contribution is 0.102. The molecule has 1 heterocycles. The molecule has 0 atom stereocenters. The Morgan fingerprint density at radius 3 is 2.67 bits per heavy atom. The Balaban J connectivity index is 2.08. The maximum atomic E-state index is 12.1. The van der Waals surface area contributed by atoms with E-state index < -0.39 is 0 Å². The number of nitrogen functional groups attached to an aromatic ring is 1. The van der Waals surface area contributed by atoms with Crippen molar-refractivity contribution in [3.63, 3.8) is 0 Å². The molecule has 110 valence electrons. The average molecular weight is 307 g/mol. The Hall–Kier alpha value is -2.31. The summed E-state index contributed by atoms with van der Waals surface area (Å²) in [5.74, 6) is 5.98. The Bertz CT molecular complexity index is 631. The summed E-state index contributed by atoms with van der Waals surface area (Å²) < 4.78 is 5.33. The lowest BCUT2D eigenvalue weighted by Gasteiger charge is -2.08.